The molecule has 0 saturated carbocycles. The third kappa shape index (κ3) is 5.04. The Labute approximate surface area is 198 Å². The molecule has 0 radical (unpaired) electrons. The predicted octanol–water partition coefficient (Wildman–Crippen LogP) is 2.95. The molecule has 0 spiro atoms. The summed E-state index contributed by atoms with van der Waals surface area (Å²) in [5.41, 5.74) is 1.64. The second-order valence-electron chi connectivity index (χ2n) is 8.67. The minimum absolute atomic E-state index is 0.274. The van der Waals surface area contributed by atoms with Crippen LogP contribution in [-0.2, 0) is 10.0 Å². The van der Waals surface area contributed by atoms with Crippen molar-refractivity contribution < 1.29 is 12.8 Å². The van der Waals surface area contributed by atoms with Crippen LogP contribution < -0.4 is 4.90 Å². The zero-order chi connectivity index (χ0) is 23.9. The summed E-state index contributed by atoms with van der Waals surface area (Å²) in [5.74, 6) is 1.93. The van der Waals surface area contributed by atoms with Crippen molar-refractivity contribution in [3.8, 4) is 11.3 Å². The summed E-state index contributed by atoms with van der Waals surface area (Å²) in [5, 5.41) is 9.13. The minimum Gasteiger partial charge on any atom is -0.358 e. The highest BCUT2D eigenvalue weighted by molar-refractivity contribution is 7.88. The maximum Gasteiger partial charge on any atom is 0.211 e. The standard InChI is InChI=1S/C22H29FN6O2S2/c1-15(28-10-18-12-29(33(5,30)31)13-19(18)11-28)25-27(4)16(2)26(3)22-24-21(14-32-22)17-6-8-20(23)9-7-17/h6-9,14,18-19H,2,10-13H2,1,3-5H3. The van der Waals surface area contributed by atoms with Gasteiger partial charge >= 0.3 is 0 Å². The Morgan fingerprint density at radius 3 is 2.36 bits per heavy atom. The molecule has 1 aromatic carbocycles. The van der Waals surface area contributed by atoms with Gasteiger partial charge in [0.25, 0.3) is 0 Å². The summed E-state index contributed by atoms with van der Waals surface area (Å²) in [6.07, 6.45) is 1.28. The minimum atomic E-state index is -3.13. The molecule has 33 heavy (non-hydrogen) atoms. The van der Waals surface area contributed by atoms with Crippen LogP contribution >= 0.6 is 11.3 Å². The van der Waals surface area contributed by atoms with E-state index in [9.17, 15) is 12.8 Å². The van der Waals surface area contributed by atoms with Gasteiger partial charge in [-0.2, -0.15) is 5.10 Å². The lowest BCUT2D eigenvalue weighted by atomic mass is 10.0. The summed E-state index contributed by atoms with van der Waals surface area (Å²) in [6, 6.07) is 6.27. The highest BCUT2D eigenvalue weighted by Gasteiger charge is 2.43. The lowest BCUT2D eigenvalue weighted by Crippen LogP contribution is -2.35. The summed E-state index contributed by atoms with van der Waals surface area (Å²) >= 11 is 1.48. The Morgan fingerprint density at radius 2 is 1.79 bits per heavy atom. The van der Waals surface area contributed by atoms with Crippen molar-refractivity contribution in [2.45, 2.75) is 6.92 Å². The van der Waals surface area contributed by atoms with Gasteiger partial charge in [0, 0.05) is 51.2 Å². The van der Waals surface area contributed by atoms with Crippen LogP contribution in [0, 0.1) is 17.7 Å². The highest BCUT2D eigenvalue weighted by Crippen LogP contribution is 2.33. The van der Waals surface area contributed by atoms with Gasteiger partial charge in [0.15, 0.2) is 5.13 Å². The number of aromatic nitrogens is 1. The van der Waals surface area contributed by atoms with Gasteiger partial charge < -0.3 is 9.80 Å². The number of hydrazone groups is 1. The maximum absolute atomic E-state index is 13.2. The van der Waals surface area contributed by atoms with E-state index < -0.39 is 10.0 Å². The SMILES string of the molecule is C=C(N(C)N=C(C)N1CC2CN(S(C)(=O)=O)CC2C1)N(C)c1nc(-c2ccc(F)cc2)cs1. The Morgan fingerprint density at radius 1 is 1.18 bits per heavy atom. The van der Waals surface area contributed by atoms with E-state index in [1.54, 1.807) is 21.4 Å². The molecule has 2 fully saturated rings. The van der Waals surface area contributed by atoms with Gasteiger partial charge in [0.1, 0.15) is 17.5 Å². The number of hydrogen-bond acceptors (Lipinski definition) is 7. The first-order chi connectivity index (χ1) is 15.5. The first-order valence-electron chi connectivity index (χ1n) is 10.7. The molecule has 2 atom stereocenters. The molecule has 0 bridgehead atoms. The molecule has 2 aromatic rings. The van der Waals surface area contributed by atoms with Crippen molar-refractivity contribution in [3.05, 3.63) is 47.9 Å². The molecule has 2 saturated heterocycles. The van der Waals surface area contributed by atoms with E-state index in [1.807, 2.05) is 31.3 Å². The largest absolute Gasteiger partial charge is 0.358 e. The fourth-order valence-corrected chi connectivity index (χ4v) is 6.07. The van der Waals surface area contributed by atoms with Crippen molar-refractivity contribution in [3.63, 3.8) is 0 Å². The first kappa shape index (κ1) is 23.7. The van der Waals surface area contributed by atoms with Gasteiger partial charge in [-0.25, -0.2) is 22.1 Å². The molecule has 0 aliphatic carbocycles. The maximum atomic E-state index is 13.2. The van der Waals surface area contributed by atoms with Crippen LogP contribution in [0.5, 0.6) is 0 Å². The molecule has 0 N–H and O–H groups in total. The Balaban J connectivity index is 1.38. The molecular weight excluding hydrogens is 463 g/mol. The monoisotopic (exact) mass is 492 g/mol. The normalized spacial score (nSPS) is 21.4. The second kappa shape index (κ2) is 9.03. The van der Waals surface area contributed by atoms with E-state index in [2.05, 4.69) is 16.5 Å². The summed E-state index contributed by atoms with van der Waals surface area (Å²) in [4.78, 5) is 8.75. The van der Waals surface area contributed by atoms with Gasteiger partial charge in [-0.3, -0.25) is 5.01 Å². The average Bonchev–Trinajstić information content (AvgIpc) is 3.47. The van der Waals surface area contributed by atoms with Gasteiger partial charge in [0.05, 0.1) is 11.9 Å². The van der Waals surface area contributed by atoms with Gasteiger partial charge in [-0.15, -0.1) is 11.3 Å². The number of thiazole rings is 1. The van der Waals surface area contributed by atoms with Crippen LogP contribution in [0.25, 0.3) is 11.3 Å². The molecule has 11 heteroatoms. The first-order valence-corrected chi connectivity index (χ1v) is 13.4. The fraction of sp³-hybridized carbons (Fsp3) is 0.455. The molecular formula is C22H29FN6O2S2. The molecule has 2 aliphatic rings. The summed E-state index contributed by atoms with van der Waals surface area (Å²) < 4.78 is 38.4. The number of nitrogens with zero attached hydrogens (tertiary/aromatic N) is 6. The molecule has 178 valence electrons. The molecule has 1 aromatic heterocycles. The summed E-state index contributed by atoms with van der Waals surface area (Å²) in [7, 11) is 0.603. The molecule has 2 aliphatic heterocycles. The topological polar surface area (TPSA) is 72.3 Å². The van der Waals surface area contributed by atoms with E-state index >= 15 is 0 Å². The van der Waals surface area contributed by atoms with E-state index in [0.717, 1.165) is 35.3 Å². The van der Waals surface area contributed by atoms with Crippen LogP contribution in [-0.4, -0.2) is 80.0 Å². The molecule has 0 amide bonds. The van der Waals surface area contributed by atoms with Crippen molar-refractivity contribution in [1.29, 1.82) is 0 Å². The molecule has 3 heterocycles. The quantitative estimate of drug-likeness (QED) is 0.351. The molecule has 2 unspecified atom stereocenters. The second-order valence-corrected chi connectivity index (χ2v) is 11.5. The van der Waals surface area contributed by atoms with Gasteiger partial charge in [-0.05, 0) is 43.0 Å². The number of rotatable bonds is 6. The number of anilines is 1. The predicted molar refractivity (Wildman–Crippen MR) is 131 cm³/mol. The van der Waals surface area contributed by atoms with Crippen molar-refractivity contribution in [2.24, 2.45) is 16.9 Å². The van der Waals surface area contributed by atoms with Crippen LogP contribution in [0.3, 0.4) is 0 Å². The van der Waals surface area contributed by atoms with Crippen LogP contribution in [0.15, 0.2) is 47.1 Å². The van der Waals surface area contributed by atoms with Crippen molar-refractivity contribution in [1.82, 2.24) is 19.2 Å². The highest BCUT2D eigenvalue weighted by atomic mass is 32.2. The number of hydrogen-bond donors (Lipinski definition) is 0. The van der Waals surface area contributed by atoms with Crippen molar-refractivity contribution >= 4 is 32.3 Å². The Hall–Kier alpha value is -2.50. The smallest absolute Gasteiger partial charge is 0.211 e. The number of benzene rings is 1. The number of sulfonamides is 1. The number of amidine groups is 1. The van der Waals surface area contributed by atoms with Crippen LogP contribution in [0.4, 0.5) is 9.52 Å². The van der Waals surface area contributed by atoms with Gasteiger partial charge in [0.2, 0.25) is 10.0 Å². The van der Waals surface area contributed by atoms with E-state index in [-0.39, 0.29) is 5.82 Å². The van der Waals surface area contributed by atoms with E-state index in [4.69, 9.17) is 5.10 Å². The summed E-state index contributed by atoms with van der Waals surface area (Å²) in [6.45, 7) is 8.90. The Kier molecular flexibility index (Phi) is 6.47. The van der Waals surface area contributed by atoms with Crippen LogP contribution in [0.1, 0.15) is 6.92 Å². The van der Waals surface area contributed by atoms with Crippen LogP contribution in [0.2, 0.25) is 0 Å². The molecule has 4 rings (SSSR count). The van der Waals surface area contributed by atoms with Gasteiger partial charge in [-0.1, -0.05) is 6.58 Å². The average molecular weight is 493 g/mol. The Bertz CT molecular complexity index is 1150. The zero-order valence-electron chi connectivity index (χ0n) is 19.3. The lowest BCUT2D eigenvalue weighted by Gasteiger charge is -2.27. The van der Waals surface area contributed by atoms with Crippen molar-refractivity contribution in [2.75, 3.05) is 51.4 Å². The number of likely N-dealkylation sites (tertiary alicyclic amines) is 1. The molecule has 8 nitrogen and oxygen atoms in total. The third-order valence-corrected chi connectivity index (χ3v) is 8.51. The number of halogens is 1. The fourth-order valence-electron chi connectivity index (χ4n) is 4.32. The zero-order valence-corrected chi connectivity index (χ0v) is 20.9. The van der Waals surface area contributed by atoms with E-state index in [0.29, 0.717) is 30.7 Å². The van der Waals surface area contributed by atoms with E-state index in [1.165, 1.54) is 29.7 Å². The lowest BCUT2D eigenvalue weighted by molar-refractivity contribution is 0.381. The number of fused-ring (bicyclic) bond motifs is 1. The third-order valence-electron chi connectivity index (χ3n) is 6.35.